The Hall–Kier alpha value is -2.73. The first-order valence-electron chi connectivity index (χ1n) is 6.54. The first-order valence-corrected chi connectivity index (χ1v) is 6.54. The van der Waals surface area contributed by atoms with Gasteiger partial charge in [0.25, 0.3) is 0 Å². The number of anilines is 3. The molecule has 108 valence electrons. The number of hydrogen-bond acceptors (Lipinski definition) is 5. The van der Waals surface area contributed by atoms with E-state index in [4.69, 9.17) is 5.11 Å². The first-order chi connectivity index (χ1) is 10.1. The number of aliphatic carboxylic acids is 1. The van der Waals surface area contributed by atoms with E-state index in [-0.39, 0.29) is 5.75 Å². The maximum atomic E-state index is 11.0. The van der Waals surface area contributed by atoms with E-state index in [0.717, 1.165) is 11.4 Å². The summed E-state index contributed by atoms with van der Waals surface area (Å²) in [7, 11) is 0. The van der Waals surface area contributed by atoms with Gasteiger partial charge >= 0.3 is 5.97 Å². The molecule has 3 rings (SSSR count). The van der Waals surface area contributed by atoms with Crippen molar-refractivity contribution in [1.82, 2.24) is 5.53 Å². The van der Waals surface area contributed by atoms with Crippen LogP contribution in [0.3, 0.4) is 0 Å². The minimum atomic E-state index is -0.923. The number of hydrogen-bond donors (Lipinski definition) is 4. The Morgan fingerprint density at radius 3 is 2.67 bits per heavy atom. The Morgan fingerprint density at radius 2 is 1.95 bits per heavy atom. The molecule has 0 saturated heterocycles. The summed E-state index contributed by atoms with van der Waals surface area (Å²) in [5.74, 6) is -1.57. The van der Waals surface area contributed by atoms with Gasteiger partial charge in [-0.05, 0) is 36.8 Å². The van der Waals surface area contributed by atoms with Crippen LogP contribution in [0.25, 0.3) is 0 Å². The van der Waals surface area contributed by atoms with Crippen LogP contribution in [0.5, 0.6) is 5.75 Å². The molecule has 2 aromatic carbocycles. The molecule has 6 heteroatoms. The number of rotatable bonds is 3. The number of carbonyl (C=O) groups is 1. The molecule has 0 bridgehead atoms. The van der Waals surface area contributed by atoms with Crippen molar-refractivity contribution in [3.05, 3.63) is 48.0 Å². The average molecular weight is 285 g/mol. The highest BCUT2D eigenvalue weighted by Crippen LogP contribution is 2.39. The number of hydrazine groups is 2. The Labute approximate surface area is 121 Å². The summed E-state index contributed by atoms with van der Waals surface area (Å²) in [6.45, 7) is 1.59. The average Bonchev–Trinajstić information content (AvgIpc) is 2.90. The number of phenols is 1. The van der Waals surface area contributed by atoms with Crippen LogP contribution in [0.2, 0.25) is 0 Å². The van der Waals surface area contributed by atoms with Crippen LogP contribution in [0, 0.1) is 0 Å². The lowest BCUT2D eigenvalue weighted by molar-refractivity contribution is -0.138. The van der Waals surface area contributed by atoms with Crippen molar-refractivity contribution in [2.75, 3.05) is 10.4 Å². The molecule has 1 atom stereocenters. The summed E-state index contributed by atoms with van der Waals surface area (Å²) >= 11 is 0. The number of carboxylic acid groups (broad SMARTS) is 1. The summed E-state index contributed by atoms with van der Waals surface area (Å²) in [4.78, 5) is 11.0. The van der Waals surface area contributed by atoms with E-state index in [1.807, 2.05) is 24.3 Å². The van der Waals surface area contributed by atoms with Crippen LogP contribution < -0.4 is 16.0 Å². The number of aromatic hydroxyl groups is 1. The smallest absolute Gasteiger partial charge is 0.310 e. The molecule has 0 aliphatic carbocycles. The van der Waals surface area contributed by atoms with Gasteiger partial charge in [0.2, 0.25) is 0 Å². The third-order valence-corrected chi connectivity index (χ3v) is 3.56. The van der Waals surface area contributed by atoms with Crippen molar-refractivity contribution in [3.63, 3.8) is 0 Å². The fraction of sp³-hybridized carbons (Fsp3) is 0.133. The number of carboxylic acids is 1. The number of nitrogens with zero attached hydrogens (tertiary/aromatic N) is 1. The molecule has 0 radical (unpaired) electrons. The molecule has 2 aromatic rings. The predicted molar refractivity (Wildman–Crippen MR) is 79.5 cm³/mol. The van der Waals surface area contributed by atoms with Gasteiger partial charge in [0.05, 0.1) is 17.3 Å². The zero-order valence-electron chi connectivity index (χ0n) is 11.4. The first kappa shape index (κ1) is 13.3. The Balaban J connectivity index is 1.96. The topological polar surface area (TPSA) is 84.8 Å². The minimum Gasteiger partial charge on any atom is -0.506 e. The van der Waals surface area contributed by atoms with E-state index in [9.17, 15) is 9.90 Å². The molecular weight excluding hydrogens is 270 g/mol. The second-order valence-electron chi connectivity index (χ2n) is 4.90. The number of fused-ring (bicyclic) bond motifs is 1. The van der Waals surface area contributed by atoms with Gasteiger partial charge in [0.1, 0.15) is 11.4 Å². The molecule has 0 amide bonds. The lowest BCUT2D eigenvalue weighted by Gasteiger charge is -2.20. The second kappa shape index (κ2) is 4.99. The van der Waals surface area contributed by atoms with Crippen LogP contribution in [-0.4, -0.2) is 16.2 Å². The monoisotopic (exact) mass is 285 g/mol. The minimum absolute atomic E-state index is 0.0200. The molecule has 0 saturated carbocycles. The van der Waals surface area contributed by atoms with Gasteiger partial charge < -0.3 is 15.6 Å². The third kappa shape index (κ3) is 2.25. The second-order valence-corrected chi connectivity index (χ2v) is 4.90. The van der Waals surface area contributed by atoms with Crippen molar-refractivity contribution in [3.8, 4) is 5.75 Å². The zero-order valence-corrected chi connectivity index (χ0v) is 11.4. The molecule has 1 aliphatic rings. The molecular formula is C15H15N3O3. The van der Waals surface area contributed by atoms with Gasteiger partial charge in [-0.2, -0.15) is 0 Å². The summed E-state index contributed by atoms with van der Waals surface area (Å²) in [5, 5.41) is 20.9. The molecule has 1 aliphatic heterocycles. The van der Waals surface area contributed by atoms with Gasteiger partial charge in [-0.1, -0.05) is 18.2 Å². The van der Waals surface area contributed by atoms with Crippen LogP contribution in [0.1, 0.15) is 18.4 Å². The Morgan fingerprint density at radius 1 is 1.19 bits per heavy atom. The molecule has 0 fully saturated rings. The van der Waals surface area contributed by atoms with E-state index in [1.165, 1.54) is 6.07 Å². The van der Waals surface area contributed by atoms with Gasteiger partial charge in [-0.25, -0.2) is 0 Å². The number of phenolic OH excluding ortho intramolecular Hbond substituents is 1. The summed E-state index contributed by atoms with van der Waals surface area (Å²) < 4.78 is 0. The van der Waals surface area contributed by atoms with Crippen molar-refractivity contribution in [1.29, 1.82) is 0 Å². The number of nitrogens with one attached hydrogen (secondary N) is 2. The molecule has 6 nitrogen and oxygen atoms in total. The summed E-state index contributed by atoms with van der Waals surface area (Å²) in [6.07, 6.45) is 0. The predicted octanol–water partition coefficient (Wildman–Crippen LogP) is 2.56. The van der Waals surface area contributed by atoms with E-state index in [2.05, 4.69) is 11.0 Å². The summed E-state index contributed by atoms with van der Waals surface area (Å²) in [6, 6.07) is 12.5. The van der Waals surface area contributed by atoms with Crippen molar-refractivity contribution >= 4 is 23.0 Å². The fourth-order valence-corrected chi connectivity index (χ4v) is 2.28. The van der Waals surface area contributed by atoms with Crippen molar-refractivity contribution in [2.45, 2.75) is 12.8 Å². The highest BCUT2D eigenvalue weighted by Gasteiger charge is 2.23. The molecule has 1 heterocycles. The maximum Gasteiger partial charge on any atom is 0.310 e. The summed E-state index contributed by atoms with van der Waals surface area (Å²) in [5.41, 5.74) is 8.85. The van der Waals surface area contributed by atoms with Crippen LogP contribution in [0.15, 0.2) is 42.5 Å². The quantitative estimate of drug-likeness (QED) is 0.693. The molecule has 0 spiro atoms. The Kier molecular flexibility index (Phi) is 3.15. The largest absolute Gasteiger partial charge is 0.506 e. The zero-order chi connectivity index (χ0) is 15.0. The molecule has 4 N–H and O–H groups in total. The fourth-order valence-electron chi connectivity index (χ4n) is 2.28. The normalized spacial score (nSPS) is 14.4. The van der Waals surface area contributed by atoms with E-state index in [1.54, 1.807) is 24.1 Å². The maximum absolute atomic E-state index is 11.0. The van der Waals surface area contributed by atoms with Crippen molar-refractivity contribution in [2.24, 2.45) is 0 Å². The van der Waals surface area contributed by atoms with E-state index in [0.29, 0.717) is 11.3 Å². The molecule has 1 unspecified atom stereocenters. The van der Waals surface area contributed by atoms with Crippen LogP contribution in [-0.2, 0) is 4.79 Å². The molecule has 0 aromatic heterocycles. The standard InChI is InChI=1S/C15H15N3O3/c1-9(15(20)21)10-6-7-13(14(19)8-10)18-12-5-3-2-4-11(12)16-17-18/h2-9,16-17,19H,1H3,(H,20,21). The van der Waals surface area contributed by atoms with Gasteiger partial charge in [0.15, 0.2) is 0 Å². The SMILES string of the molecule is CC(C(=O)O)c1ccc(N2NNc3ccccc32)c(O)c1. The molecule has 21 heavy (non-hydrogen) atoms. The highest BCUT2D eigenvalue weighted by atomic mass is 16.4. The number of para-hydroxylation sites is 2. The Bertz CT molecular complexity index is 702. The van der Waals surface area contributed by atoms with Crippen LogP contribution >= 0.6 is 0 Å². The van der Waals surface area contributed by atoms with Crippen molar-refractivity contribution < 1.29 is 15.0 Å². The van der Waals surface area contributed by atoms with Gasteiger partial charge in [0, 0.05) is 0 Å². The lowest BCUT2D eigenvalue weighted by Crippen LogP contribution is -2.31. The van der Waals surface area contributed by atoms with Gasteiger partial charge in [-0.15, -0.1) is 5.53 Å². The van der Waals surface area contributed by atoms with Crippen LogP contribution in [0.4, 0.5) is 17.1 Å². The van der Waals surface area contributed by atoms with Gasteiger partial charge in [-0.3, -0.25) is 9.80 Å². The number of benzene rings is 2. The van der Waals surface area contributed by atoms with E-state index < -0.39 is 11.9 Å². The highest BCUT2D eigenvalue weighted by molar-refractivity contribution is 5.82. The third-order valence-electron chi connectivity index (χ3n) is 3.56. The van der Waals surface area contributed by atoms with E-state index >= 15 is 0 Å². The lowest BCUT2D eigenvalue weighted by atomic mass is 10.0.